The van der Waals surface area contributed by atoms with E-state index in [9.17, 15) is 4.79 Å². The van der Waals surface area contributed by atoms with Crippen LogP contribution in [0.1, 0.15) is 46.0 Å². The van der Waals surface area contributed by atoms with Crippen molar-refractivity contribution in [3.8, 4) is 0 Å². The van der Waals surface area contributed by atoms with E-state index in [1.807, 2.05) is 6.92 Å². The van der Waals surface area contributed by atoms with E-state index in [0.29, 0.717) is 12.0 Å². The van der Waals surface area contributed by atoms with Crippen LogP contribution in [0.15, 0.2) is 15.9 Å². The predicted octanol–water partition coefficient (Wildman–Crippen LogP) is 1.42. The van der Waals surface area contributed by atoms with Gasteiger partial charge < -0.3 is 4.90 Å². The first-order valence-electron chi connectivity index (χ1n) is 7.64. The number of allylic oxidation sites excluding steroid dienone is 1. The van der Waals surface area contributed by atoms with Gasteiger partial charge in [0, 0.05) is 25.8 Å². The van der Waals surface area contributed by atoms with E-state index < -0.39 is 0 Å². The zero-order valence-corrected chi connectivity index (χ0v) is 13.1. The van der Waals surface area contributed by atoms with E-state index in [1.54, 1.807) is 19.3 Å². The van der Waals surface area contributed by atoms with E-state index in [4.69, 9.17) is 0 Å². The molecule has 0 amide bonds. The van der Waals surface area contributed by atoms with Gasteiger partial charge in [-0.2, -0.15) is 4.68 Å². The van der Waals surface area contributed by atoms with Gasteiger partial charge in [0.1, 0.15) is 0 Å². The van der Waals surface area contributed by atoms with Crippen molar-refractivity contribution in [3.63, 3.8) is 0 Å². The Balaban J connectivity index is 2.31. The lowest BCUT2D eigenvalue weighted by atomic mass is 9.94. The Morgan fingerprint density at radius 1 is 1.38 bits per heavy atom. The van der Waals surface area contributed by atoms with Gasteiger partial charge in [0.2, 0.25) is 5.96 Å². The van der Waals surface area contributed by atoms with Gasteiger partial charge >= 0.3 is 5.69 Å². The summed E-state index contributed by atoms with van der Waals surface area (Å²) in [5.41, 5.74) is -0.289. The summed E-state index contributed by atoms with van der Waals surface area (Å²) in [5.74, 6) is 0.588. The zero-order valence-electron chi connectivity index (χ0n) is 13.1. The molecule has 1 saturated carbocycles. The van der Waals surface area contributed by atoms with E-state index in [-0.39, 0.29) is 5.69 Å². The van der Waals surface area contributed by atoms with Crippen LogP contribution in [-0.2, 0) is 0 Å². The molecule has 21 heavy (non-hydrogen) atoms. The maximum Gasteiger partial charge on any atom is 0.375 e. The summed E-state index contributed by atoms with van der Waals surface area (Å²) in [6.45, 7) is 4.72. The Kier molecular flexibility index (Phi) is 5.30. The normalized spacial score (nSPS) is 17.6. The summed E-state index contributed by atoms with van der Waals surface area (Å²) in [7, 11) is 1.70. The molecule has 0 atom stereocenters. The topological polar surface area (TPSA) is 68.3 Å². The quantitative estimate of drug-likeness (QED) is 0.624. The molecule has 116 valence electrons. The summed E-state index contributed by atoms with van der Waals surface area (Å²) >= 11 is 0. The van der Waals surface area contributed by atoms with Gasteiger partial charge in [-0.3, -0.25) is 4.99 Å². The van der Waals surface area contributed by atoms with Crippen molar-refractivity contribution >= 4 is 12.2 Å². The first kappa shape index (κ1) is 15.5. The molecule has 0 N–H and O–H groups in total. The van der Waals surface area contributed by atoms with Gasteiger partial charge in [-0.1, -0.05) is 25.3 Å². The molecular weight excluding hydrogens is 268 g/mol. The number of hydrogen-bond acceptors (Lipinski definition) is 4. The Morgan fingerprint density at radius 3 is 2.67 bits per heavy atom. The lowest BCUT2D eigenvalue weighted by molar-refractivity contribution is 0.244. The van der Waals surface area contributed by atoms with Gasteiger partial charge in [-0.15, -0.1) is 4.68 Å². The van der Waals surface area contributed by atoms with Crippen molar-refractivity contribution < 1.29 is 0 Å². The minimum atomic E-state index is -0.289. The molecule has 1 aliphatic carbocycles. The van der Waals surface area contributed by atoms with Crippen LogP contribution in [0, 0.1) is 0 Å². The molecular formula is C14H24N6O. The van der Waals surface area contributed by atoms with Gasteiger partial charge in [0.25, 0.3) is 0 Å². The summed E-state index contributed by atoms with van der Waals surface area (Å²) in [6.07, 6.45) is 9.40. The molecule has 0 saturated heterocycles. The fraction of sp³-hybridized carbons (Fsp3) is 0.714. The highest BCUT2D eigenvalue weighted by atomic mass is 16.2. The van der Waals surface area contributed by atoms with E-state index >= 15 is 0 Å². The second-order valence-corrected chi connectivity index (χ2v) is 5.20. The third kappa shape index (κ3) is 3.22. The van der Waals surface area contributed by atoms with Crippen LogP contribution in [0.2, 0.25) is 0 Å². The van der Waals surface area contributed by atoms with Crippen molar-refractivity contribution in [1.82, 2.24) is 24.7 Å². The number of hydrogen-bond donors (Lipinski definition) is 0. The molecule has 1 fully saturated rings. The molecule has 7 heteroatoms. The highest BCUT2D eigenvalue weighted by Gasteiger charge is 2.25. The van der Waals surface area contributed by atoms with Crippen molar-refractivity contribution in [2.75, 3.05) is 13.6 Å². The summed E-state index contributed by atoms with van der Waals surface area (Å²) in [4.78, 5) is 18.8. The SMILES string of the molecule is C/C=C/n1nnn(C(=NC)N(CC)C2CCCCC2)c1=O. The van der Waals surface area contributed by atoms with Crippen molar-refractivity contribution in [1.29, 1.82) is 0 Å². The maximum atomic E-state index is 12.3. The fourth-order valence-corrected chi connectivity index (χ4v) is 2.92. The van der Waals surface area contributed by atoms with Crippen molar-refractivity contribution in [3.05, 3.63) is 16.6 Å². The smallest absolute Gasteiger partial charge is 0.338 e. The van der Waals surface area contributed by atoms with Crippen LogP contribution in [-0.4, -0.2) is 50.3 Å². The molecule has 7 nitrogen and oxygen atoms in total. The lowest BCUT2D eigenvalue weighted by Gasteiger charge is -2.34. The van der Waals surface area contributed by atoms with Gasteiger partial charge in [0.15, 0.2) is 0 Å². The van der Waals surface area contributed by atoms with Gasteiger partial charge in [0.05, 0.1) is 0 Å². The van der Waals surface area contributed by atoms with E-state index in [0.717, 1.165) is 19.4 Å². The molecule has 0 bridgehead atoms. The predicted molar refractivity (Wildman–Crippen MR) is 83.3 cm³/mol. The summed E-state index contributed by atoms with van der Waals surface area (Å²) in [6, 6.07) is 0.432. The Hall–Kier alpha value is -1.92. The molecule has 1 aliphatic rings. The van der Waals surface area contributed by atoms with Gasteiger partial charge in [-0.05, 0) is 37.1 Å². The van der Waals surface area contributed by atoms with Gasteiger partial charge in [-0.25, -0.2) is 4.79 Å². The molecule has 0 spiro atoms. The number of rotatable bonds is 3. The summed E-state index contributed by atoms with van der Waals surface area (Å²) < 4.78 is 2.51. The van der Waals surface area contributed by atoms with E-state index in [2.05, 4.69) is 27.2 Å². The Morgan fingerprint density at radius 2 is 2.10 bits per heavy atom. The van der Waals surface area contributed by atoms with Crippen LogP contribution >= 0.6 is 0 Å². The molecule has 1 aromatic heterocycles. The first-order valence-corrected chi connectivity index (χ1v) is 7.64. The molecule has 2 rings (SSSR count). The molecule has 0 aliphatic heterocycles. The zero-order chi connectivity index (χ0) is 15.2. The number of aliphatic imine (C=N–C) groups is 1. The molecule has 0 radical (unpaired) electrons. The third-order valence-corrected chi connectivity index (χ3v) is 3.90. The van der Waals surface area contributed by atoms with Crippen LogP contribution in [0.5, 0.6) is 0 Å². The monoisotopic (exact) mass is 292 g/mol. The highest BCUT2D eigenvalue weighted by molar-refractivity contribution is 5.81. The average Bonchev–Trinajstić information content (AvgIpc) is 2.87. The van der Waals surface area contributed by atoms with Crippen LogP contribution in [0.25, 0.3) is 6.20 Å². The maximum absolute atomic E-state index is 12.3. The minimum absolute atomic E-state index is 0.289. The van der Waals surface area contributed by atoms with Crippen LogP contribution in [0.3, 0.4) is 0 Å². The second-order valence-electron chi connectivity index (χ2n) is 5.20. The molecule has 1 heterocycles. The number of tetrazole rings is 1. The number of nitrogens with zero attached hydrogens (tertiary/aromatic N) is 6. The third-order valence-electron chi connectivity index (χ3n) is 3.90. The fourth-order valence-electron chi connectivity index (χ4n) is 2.92. The standard InChI is InChI=1S/C14H24N6O/c1-4-11-19-14(21)20(17-16-19)13(15-3)18(5-2)12-9-7-6-8-10-12/h4,11-12H,5-10H2,1-3H3/b11-4+,15-13?. The second kappa shape index (κ2) is 7.19. The first-order chi connectivity index (χ1) is 10.2. The Labute approximate surface area is 124 Å². The lowest BCUT2D eigenvalue weighted by Crippen LogP contribution is -2.47. The minimum Gasteiger partial charge on any atom is -0.338 e. The highest BCUT2D eigenvalue weighted by Crippen LogP contribution is 2.22. The molecule has 0 aromatic carbocycles. The number of aromatic nitrogens is 4. The van der Waals surface area contributed by atoms with E-state index in [1.165, 1.54) is 28.6 Å². The summed E-state index contributed by atoms with van der Waals surface area (Å²) in [5, 5.41) is 7.82. The van der Waals surface area contributed by atoms with Crippen LogP contribution in [0.4, 0.5) is 0 Å². The Bertz CT molecular complexity index is 564. The van der Waals surface area contributed by atoms with Crippen molar-refractivity contribution in [2.45, 2.75) is 52.0 Å². The average molecular weight is 292 g/mol. The molecule has 1 aromatic rings. The molecule has 0 unspecified atom stereocenters. The largest absolute Gasteiger partial charge is 0.375 e. The van der Waals surface area contributed by atoms with Crippen molar-refractivity contribution in [2.24, 2.45) is 4.99 Å². The van der Waals surface area contributed by atoms with Crippen LogP contribution < -0.4 is 5.69 Å².